The maximum Gasteiger partial charge on any atom is 0.277 e. The molecular weight excluding hydrogens is 326 g/mol. The first-order valence-electron chi connectivity index (χ1n) is 7.32. The predicted octanol–water partition coefficient (Wildman–Crippen LogP) is 3.33. The van der Waals surface area contributed by atoms with Gasteiger partial charge in [0.15, 0.2) is 5.82 Å². The van der Waals surface area contributed by atoms with Crippen molar-refractivity contribution in [3.63, 3.8) is 0 Å². The smallest absolute Gasteiger partial charge is 0.277 e. The molecule has 4 rings (SSSR count). The van der Waals surface area contributed by atoms with Gasteiger partial charge in [-0.25, -0.2) is 0 Å². The Morgan fingerprint density at radius 3 is 2.79 bits per heavy atom. The van der Waals surface area contributed by atoms with Crippen LogP contribution in [0.25, 0.3) is 11.6 Å². The van der Waals surface area contributed by atoms with Gasteiger partial charge in [-0.1, -0.05) is 47.3 Å². The van der Waals surface area contributed by atoms with Crippen LogP contribution >= 0.6 is 11.8 Å². The van der Waals surface area contributed by atoms with Crippen LogP contribution in [0, 0.1) is 0 Å². The average molecular weight is 339 g/mol. The Morgan fingerprint density at radius 1 is 1.04 bits per heavy atom. The van der Waals surface area contributed by atoms with E-state index in [9.17, 15) is 0 Å². The number of benzene rings is 1. The number of nitrogens with one attached hydrogen (secondary N) is 1. The van der Waals surface area contributed by atoms with Crippen molar-refractivity contribution in [3.05, 3.63) is 65.9 Å². The Labute approximate surface area is 141 Å². The van der Waals surface area contributed by atoms with Gasteiger partial charge in [0.1, 0.15) is 5.69 Å². The van der Waals surface area contributed by atoms with Crippen molar-refractivity contribution in [3.8, 4) is 11.6 Å². The summed E-state index contributed by atoms with van der Waals surface area (Å²) in [5.74, 6) is 2.13. The minimum absolute atomic E-state index is 0.456. The van der Waals surface area contributed by atoms with Gasteiger partial charge in [0, 0.05) is 12.6 Å². The number of nitrogens with zero attached hydrogens (tertiary/aromatic N) is 4. The lowest BCUT2D eigenvalue weighted by molar-refractivity contribution is 0.385. The molecule has 120 valence electrons. The summed E-state index contributed by atoms with van der Waals surface area (Å²) in [4.78, 5) is 7.40. The molecule has 7 nitrogen and oxygen atoms in total. The second-order valence-electron chi connectivity index (χ2n) is 5.01. The SMILES string of the molecule is c1ccc(Cc2noc(CSc3nnc(-c4ccc[nH]4)o3)n2)cc1. The highest BCUT2D eigenvalue weighted by molar-refractivity contribution is 7.98. The maximum absolute atomic E-state index is 5.57. The normalized spacial score (nSPS) is 11.0. The van der Waals surface area contributed by atoms with Crippen molar-refractivity contribution in [1.29, 1.82) is 0 Å². The third-order valence-electron chi connectivity index (χ3n) is 3.27. The van der Waals surface area contributed by atoms with Gasteiger partial charge in [-0.3, -0.25) is 0 Å². The molecule has 8 heteroatoms. The molecule has 0 spiro atoms. The molecule has 0 unspecified atom stereocenters. The first kappa shape index (κ1) is 14.7. The van der Waals surface area contributed by atoms with Crippen LogP contribution in [0.3, 0.4) is 0 Å². The van der Waals surface area contributed by atoms with Crippen molar-refractivity contribution < 1.29 is 8.94 Å². The van der Waals surface area contributed by atoms with Gasteiger partial charge in [0.05, 0.1) is 5.75 Å². The minimum Gasteiger partial charge on any atom is -0.410 e. The summed E-state index contributed by atoms with van der Waals surface area (Å²) in [6, 6.07) is 13.8. The Morgan fingerprint density at radius 2 is 1.96 bits per heavy atom. The third-order valence-corrected chi connectivity index (χ3v) is 4.07. The van der Waals surface area contributed by atoms with Crippen LogP contribution in [0.2, 0.25) is 0 Å². The summed E-state index contributed by atoms with van der Waals surface area (Å²) in [6.07, 6.45) is 2.45. The lowest BCUT2D eigenvalue weighted by Gasteiger charge is -1.94. The van der Waals surface area contributed by atoms with E-state index in [-0.39, 0.29) is 0 Å². The topological polar surface area (TPSA) is 93.6 Å². The Bertz CT molecular complexity index is 902. The highest BCUT2D eigenvalue weighted by atomic mass is 32.2. The van der Waals surface area contributed by atoms with Gasteiger partial charge in [0.25, 0.3) is 11.1 Å². The maximum atomic E-state index is 5.57. The van der Waals surface area contributed by atoms with E-state index in [0.717, 1.165) is 11.3 Å². The molecule has 0 radical (unpaired) electrons. The van der Waals surface area contributed by atoms with E-state index in [1.54, 1.807) is 6.20 Å². The summed E-state index contributed by atoms with van der Waals surface area (Å²) in [5, 5.41) is 12.5. The Kier molecular flexibility index (Phi) is 4.11. The van der Waals surface area contributed by atoms with Crippen LogP contribution < -0.4 is 0 Å². The quantitative estimate of drug-likeness (QED) is 0.538. The van der Waals surface area contributed by atoms with Crippen molar-refractivity contribution >= 4 is 11.8 Å². The number of rotatable bonds is 6. The molecule has 0 aliphatic carbocycles. The van der Waals surface area contributed by atoms with E-state index >= 15 is 0 Å². The summed E-state index contributed by atoms with van der Waals surface area (Å²) >= 11 is 1.36. The number of hydrogen-bond acceptors (Lipinski definition) is 7. The van der Waals surface area contributed by atoms with E-state index < -0.39 is 0 Å². The molecule has 3 aromatic heterocycles. The summed E-state index contributed by atoms with van der Waals surface area (Å²) in [5.41, 5.74) is 1.93. The molecule has 0 saturated carbocycles. The van der Waals surface area contributed by atoms with Crippen LogP contribution in [-0.2, 0) is 12.2 Å². The zero-order chi connectivity index (χ0) is 16.2. The van der Waals surface area contributed by atoms with Crippen LogP contribution in [-0.4, -0.2) is 25.3 Å². The molecule has 0 amide bonds. The molecule has 4 aromatic rings. The van der Waals surface area contributed by atoms with Gasteiger partial charge < -0.3 is 13.9 Å². The molecule has 0 bridgehead atoms. The number of aromatic amines is 1. The van der Waals surface area contributed by atoms with Crippen LogP contribution in [0.15, 0.2) is 62.8 Å². The molecule has 0 fully saturated rings. The molecule has 1 aromatic carbocycles. The largest absolute Gasteiger partial charge is 0.410 e. The fourth-order valence-electron chi connectivity index (χ4n) is 2.16. The van der Waals surface area contributed by atoms with Crippen LogP contribution in [0.4, 0.5) is 0 Å². The van der Waals surface area contributed by atoms with Crippen molar-refractivity contribution in [1.82, 2.24) is 25.3 Å². The van der Waals surface area contributed by atoms with Gasteiger partial charge >= 0.3 is 0 Å². The third kappa shape index (κ3) is 3.38. The Balaban J connectivity index is 1.36. The van der Waals surface area contributed by atoms with E-state index in [1.165, 1.54) is 11.8 Å². The molecule has 3 heterocycles. The summed E-state index contributed by atoms with van der Waals surface area (Å²) in [7, 11) is 0. The number of aromatic nitrogens is 5. The highest BCUT2D eigenvalue weighted by Gasteiger charge is 2.12. The molecule has 0 atom stereocenters. The zero-order valence-corrected chi connectivity index (χ0v) is 13.4. The second kappa shape index (κ2) is 6.71. The van der Waals surface area contributed by atoms with Crippen LogP contribution in [0.1, 0.15) is 17.3 Å². The van der Waals surface area contributed by atoms with Gasteiger partial charge in [-0.15, -0.1) is 10.2 Å². The van der Waals surface area contributed by atoms with Crippen molar-refractivity contribution in [2.45, 2.75) is 17.4 Å². The average Bonchev–Trinajstić information content (AvgIpc) is 3.35. The van der Waals surface area contributed by atoms with Crippen LogP contribution in [0.5, 0.6) is 0 Å². The first-order valence-corrected chi connectivity index (χ1v) is 8.31. The predicted molar refractivity (Wildman–Crippen MR) is 87.2 cm³/mol. The first-order chi connectivity index (χ1) is 11.9. The van der Waals surface area contributed by atoms with Gasteiger partial charge in [0.2, 0.25) is 5.89 Å². The lowest BCUT2D eigenvalue weighted by Crippen LogP contribution is -1.90. The minimum atomic E-state index is 0.456. The molecule has 24 heavy (non-hydrogen) atoms. The zero-order valence-electron chi connectivity index (χ0n) is 12.5. The fraction of sp³-hybridized carbons (Fsp3) is 0.125. The Hall–Kier alpha value is -2.87. The number of hydrogen-bond donors (Lipinski definition) is 1. The number of thioether (sulfide) groups is 1. The van der Waals surface area contributed by atoms with E-state index in [1.807, 2.05) is 42.5 Å². The van der Waals surface area contributed by atoms with Gasteiger partial charge in [-0.2, -0.15) is 4.98 Å². The fourth-order valence-corrected chi connectivity index (χ4v) is 2.76. The van der Waals surface area contributed by atoms with E-state index in [0.29, 0.717) is 35.0 Å². The monoisotopic (exact) mass is 339 g/mol. The number of H-pyrrole nitrogens is 1. The second-order valence-corrected chi connectivity index (χ2v) is 5.94. The lowest BCUT2D eigenvalue weighted by atomic mass is 10.1. The molecule has 1 N–H and O–H groups in total. The van der Waals surface area contributed by atoms with Crippen molar-refractivity contribution in [2.24, 2.45) is 0 Å². The van der Waals surface area contributed by atoms with E-state index in [4.69, 9.17) is 8.94 Å². The standard InChI is InChI=1S/C16H13N5O2S/c1-2-5-11(6-3-1)9-13-18-14(23-21-13)10-24-16-20-19-15(22-16)12-7-4-8-17-12/h1-8,17H,9-10H2. The highest BCUT2D eigenvalue weighted by Crippen LogP contribution is 2.24. The van der Waals surface area contributed by atoms with E-state index in [2.05, 4.69) is 25.3 Å². The molecule has 0 aliphatic heterocycles. The van der Waals surface area contributed by atoms with Gasteiger partial charge in [-0.05, 0) is 17.7 Å². The molecule has 0 saturated heterocycles. The molecule has 0 aliphatic rings. The summed E-state index contributed by atoms with van der Waals surface area (Å²) in [6.45, 7) is 0. The molecular formula is C16H13N5O2S. The summed E-state index contributed by atoms with van der Waals surface area (Å²) < 4.78 is 10.8. The van der Waals surface area contributed by atoms with Crippen molar-refractivity contribution in [2.75, 3.05) is 0 Å².